The zero-order valence-electron chi connectivity index (χ0n) is 20.7. The average Bonchev–Trinajstić information content (AvgIpc) is 2.88. The standard InChI is InChI=1S/C29H30N4O.2ClH/c1-3-5-17-33(18-6-4-2)22-11-12-25-27(19-22)34-28-20-26(31-21-13-15-30-16-14-21)23-9-7-8-10-24(23)29(28)32-25;;/h7-16,19-20H,3-6,17-18H2,1-2H3;2*1H. The van der Waals surface area contributed by atoms with Gasteiger partial charge >= 0.3 is 0 Å². The van der Waals surface area contributed by atoms with Gasteiger partial charge in [0.25, 0.3) is 0 Å². The van der Waals surface area contributed by atoms with E-state index < -0.39 is 0 Å². The topological polar surface area (TPSA) is 54.5 Å². The van der Waals surface area contributed by atoms with Gasteiger partial charge in [-0.15, -0.1) is 24.8 Å². The molecule has 36 heavy (non-hydrogen) atoms. The number of nitrogens with zero attached hydrogens (tertiary/aromatic N) is 4. The Morgan fingerprint density at radius 3 is 2.22 bits per heavy atom. The molecule has 0 atom stereocenters. The highest BCUT2D eigenvalue weighted by Gasteiger charge is 2.16. The van der Waals surface area contributed by atoms with Crippen LogP contribution in [0.3, 0.4) is 0 Å². The quantitative estimate of drug-likeness (QED) is 0.153. The number of hydrogen-bond acceptors (Lipinski definition) is 5. The van der Waals surface area contributed by atoms with Crippen molar-refractivity contribution in [3.05, 3.63) is 78.4 Å². The molecule has 0 fully saturated rings. The minimum atomic E-state index is 0. The molecule has 1 aromatic heterocycles. The normalized spacial score (nSPS) is 11.4. The molecule has 0 spiro atoms. The summed E-state index contributed by atoms with van der Waals surface area (Å²) in [5.41, 5.74) is 4.58. The fourth-order valence-electron chi connectivity index (χ4n) is 4.34. The first-order chi connectivity index (χ1) is 16.8. The molecule has 7 heteroatoms. The second kappa shape index (κ2) is 12.7. The highest BCUT2D eigenvalue weighted by molar-refractivity contribution is 5.96. The molecule has 3 aromatic rings. The van der Waals surface area contributed by atoms with Crippen LogP contribution in [0, 0.1) is 0 Å². The van der Waals surface area contributed by atoms with Gasteiger partial charge in [-0.1, -0.05) is 51.0 Å². The van der Waals surface area contributed by atoms with E-state index in [9.17, 15) is 0 Å². The van der Waals surface area contributed by atoms with Gasteiger partial charge in [0.2, 0.25) is 0 Å². The Balaban J connectivity index is 0.00000180. The highest BCUT2D eigenvalue weighted by atomic mass is 35.5. The van der Waals surface area contributed by atoms with Crippen LogP contribution in [0.2, 0.25) is 0 Å². The second-order valence-corrected chi connectivity index (χ2v) is 8.67. The predicted octanol–water partition coefficient (Wildman–Crippen LogP) is 7.96. The summed E-state index contributed by atoms with van der Waals surface area (Å²) in [6.45, 7) is 6.59. The lowest BCUT2D eigenvalue weighted by molar-refractivity contribution is 0.612. The number of pyridine rings is 1. The highest BCUT2D eigenvalue weighted by Crippen LogP contribution is 2.32. The van der Waals surface area contributed by atoms with Gasteiger partial charge in [-0.2, -0.15) is 0 Å². The van der Waals surface area contributed by atoms with Crippen LogP contribution in [0.4, 0.5) is 11.4 Å². The van der Waals surface area contributed by atoms with E-state index in [1.54, 1.807) is 12.4 Å². The largest absolute Gasteiger partial charge is 0.453 e. The van der Waals surface area contributed by atoms with Crippen molar-refractivity contribution in [3.63, 3.8) is 0 Å². The fourth-order valence-corrected chi connectivity index (χ4v) is 4.34. The second-order valence-electron chi connectivity index (χ2n) is 8.67. The molecule has 0 bridgehead atoms. The predicted molar refractivity (Wildman–Crippen MR) is 154 cm³/mol. The summed E-state index contributed by atoms with van der Waals surface area (Å²) in [7, 11) is 0. The number of anilines is 1. The van der Waals surface area contributed by atoms with E-state index in [1.165, 1.54) is 31.4 Å². The van der Waals surface area contributed by atoms with E-state index in [1.807, 2.05) is 30.3 Å². The third kappa shape index (κ3) is 5.80. The summed E-state index contributed by atoms with van der Waals surface area (Å²) in [6.07, 6.45) is 8.24. The number of fused-ring (bicyclic) bond motifs is 4. The van der Waals surface area contributed by atoms with E-state index in [-0.39, 0.29) is 24.8 Å². The molecule has 2 aromatic carbocycles. The maximum absolute atomic E-state index is 6.47. The van der Waals surface area contributed by atoms with Crippen LogP contribution in [-0.2, 0) is 0 Å². The van der Waals surface area contributed by atoms with Crippen LogP contribution >= 0.6 is 24.8 Å². The van der Waals surface area contributed by atoms with Crippen LogP contribution in [0.25, 0.3) is 33.3 Å². The van der Waals surface area contributed by atoms with Gasteiger partial charge in [0.15, 0.2) is 11.3 Å². The van der Waals surface area contributed by atoms with Crippen LogP contribution < -0.4 is 10.3 Å². The monoisotopic (exact) mass is 522 g/mol. The van der Waals surface area contributed by atoms with Crippen molar-refractivity contribution in [3.8, 4) is 11.5 Å². The molecule has 188 valence electrons. The van der Waals surface area contributed by atoms with Crippen LogP contribution in [0.15, 0.2) is 82.5 Å². The van der Waals surface area contributed by atoms with Gasteiger partial charge < -0.3 is 9.32 Å². The van der Waals surface area contributed by atoms with Crippen molar-refractivity contribution in [2.75, 3.05) is 18.0 Å². The third-order valence-corrected chi connectivity index (χ3v) is 6.20. The smallest absolute Gasteiger partial charge is 0.155 e. The Morgan fingerprint density at radius 1 is 0.833 bits per heavy atom. The van der Waals surface area contributed by atoms with Crippen molar-refractivity contribution in [1.82, 2.24) is 9.97 Å². The Bertz CT molecular complexity index is 1440. The summed E-state index contributed by atoms with van der Waals surface area (Å²) in [6, 6.07) is 20.5. The molecular weight excluding hydrogens is 491 g/mol. The summed E-state index contributed by atoms with van der Waals surface area (Å²) >= 11 is 0. The molecule has 0 saturated heterocycles. The Kier molecular flexibility index (Phi) is 9.68. The number of halogens is 2. The fraction of sp³-hybridized carbons (Fsp3) is 0.276. The molecule has 1 aliphatic carbocycles. The van der Waals surface area contributed by atoms with Gasteiger partial charge in [0.1, 0.15) is 11.2 Å². The first-order valence-corrected chi connectivity index (χ1v) is 12.2. The maximum atomic E-state index is 6.47. The van der Waals surface area contributed by atoms with E-state index in [0.29, 0.717) is 0 Å². The molecule has 0 N–H and O–H groups in total. The van der Waals surface area contributed by atoms with Gasteiger partial charge in [0, 0.05) is 54.1 Å². The van der Waals surface area contributed by atoms with E-state index in [4.69, 9.17) is 14.4 Å². The van der Waals surface area contributed by atoms with Crippen molar-refractivity contribution in [1.29, 1.82) is 0 Å². The van der Waals surface area contributed by atoms with Crippen molar-refractivity contribution in [2.45, 2.75) is 39.5 Å². The van der Waals surface area contributed by atoms with Gasteiger partial charge in [-0.25, -0.2) is 9.98 Å². The molecule has 5 nitrogen and oxygen atoms in total. The molecule has 0 saturated carbocycles. The minimum Gasteiger partial charge on any atom is -0.453 e. The average molecular weight is 524 g/mol. The number of rotatable bonds is 8. The first-order valence-electron chi connectivity index (χ1n) is 12.2. The van der Waals surface area contributed by atoms with Crippen LogP contribution in [0.5, 0.6) is 0 Å². The van der Waals surface area contributed by atoms with Crippen LogP contribution in [-0.4, -0.2) is 23.1 Å². The van der Waals surface area contributed by atoms with Crippen LogP contribution in [0.1, 0.15) is 39.5 Å². The molecule has 5 rings (SSSR count). The lowest BCUT2D eigenvalue weighted by Crippen LogP contribution is -2.25. The maximum Gasteiger partial charge on any atom is 0.155 e. The molecule has 2 heterocycles. The number of aromatic nitrogens is 2. The van der Waals surface area contributed by atoms with Crippen molar-refractivity contribution < 1.29 is 4.42 Å². The number of unbranched alkanes of at least 4 members (excludes halogenated alkanes) is 2. The third-order valence-electron chi connectivity index (χ3n) is 6.20. The first kappa shape index (κ1) is 27.4. The zero-order chi connectivity index (χ0) is 23.3. The van der Waals surface area contributed by atoms with E-state index >= 15 is 0 Å². The SMILES string of the molecule is CCCCN(CCCC)c1ccc2nc3c4ccccc4c(=Nc4ccncc4)cc-3oc2c1.Cl.Cl. The van der Waals surface area contributed by atoms with Crippen molar-refractivity contribution >= 4 is 58.1 Å². The lowest BCUT2D eigenvalue weighted by atomic mass is 10.0. The molecule has 0 radical (unpaired) electrons. The number of benzene rings is 3. The Labute approximate surface area is 224 Å². The number of hydrogen-bond donors (Lipinski definition) is 0. The van der Waals surface area contributed by atoms with Crippen molar-refractivity contribution in [2.24, 2.45) is 4.99 Å². The summed E-state index contributed by atoms with van der Waals surface area (Å²) < 4.78 is 6.47. The Hall–Kier alpha value is -3.15. The molecule has 1 aliphatic heterocycles. The van der Waals surface area contributed by atoms with Gasteiger partial charge in [-0.05, 0) is 37.1 Å². The van der Waals surface area contributed by atoms with E-state index in [0.717, 1.165) is 57.5 Å². The Morgan fingerprint density at radius 2 is 1.53 bits per heavy atom. The lowest BCUT2D eigenvalue weighted by Gasteiger charge is -2.25. The molecule has 2 aliphatic rings. The van der Waals surface area contributed by atoms with Gasteiger partial charge in [0.05, 0.1) is 11.0 Å². The zero-order valence-corrected chi connectivity index (χ0v) is 22.3. The molecule has 0 amide bonds. The van der Waals surface area contributed by atoms with E-state index in [2.05, 4.69) is 54.1 Å². The van der Waals surface area contributed by atoms with Gasteiger partial charge in [-0.3, -0.25) is 4.98 Å². The summed E-state index contributed by atoms with van der Waals surface area (Å²) in [4.78, 5) is 16.5. The molecular formula is C29H32Cl2N4O. The minimum absolute atomic E-state index is 0. The molecule has 0 unspecified atom stereocenters. The summed E-state index contributed by atoms with van der Waals surface area (Å²) in [5.74, 6) is 0.741. The summed E-state index contributed by atoms with van der Waals surface area (Å²) in [5, 5.41) is 2.95.